The van der Waals surface area contributed by atoms with Crippen molar-refractivity contribution in [2.75, 3.05) is 52.5 Å². The fourth-order valence-corrected chi connectivity index (χ4v) is 6.05. The number of carbonyl (C=O) groups is 2. The van der Waals surface area contributed by atoms with E-state index in [0.29, 0.717) is 30.8 Å². The predicted octanol–water partition coefficient (Wildman–Crippen LogP) is 7.03. The highest BCUT2D eigenvalue weighted by Crippen LogP contribution is 2.30. The minimum Gasteiger partial charge on any atom is -0.463 e. The van der Waals surface area contributed by atoms with E-state index in [0.717, 1.165) is 43.3 Å². The van der Waals surface area contributed by atoms with Gasteiger partial charge in [0.05, 0.1) is 25.2 Å². The van der Waals surface area contributed by atoms with Gasteiger partial charge in [-0.15, -0.1) is 0 Å². The molecule has 1 aliphatic rings. The Morgan fingerprint density at radius 1 is 0.711 bits per heavy atom. The Morgan fingerprint density at radius 3 is 2.02 bits per heavy atom. The van der Waals surface area contributed by atoms with Crippen LogP contribution in [0.15, 0.2) is 109 Å². The van der Waals surface area contributed by atoms with Crippen LogP contribution in [0.5, 0.6) is 0 Å². The van der Waals surface area contributed by atoms with Gasteiger partial charge in [0.2, 0.25) is 0 Å². The molecule has 2 atom stereocenters. The smallest absolute Gasteiger partial charge is 0.313 e. The third-order valence-electron chi connectivity index (χ3n) is 8.38. The lowest BCUT2D eigenvalue weighted by Crippen LogP contribution is -2.48. The van der Waals surface area contributed by atoms with Crippen LogP contribution in [-0.2, 0) is 14.3 Å². The van der Waals surface area contributed by atoms with Gasteiger partial charge in [0.15, 0.2) is 5.78 Å². The van der Waals surface area contributed by atoms with Crippen molar-refractivity contribution >= 4 is 23.4 Å². The van der Waals surface area contributed by atoms with E-state index in [9.17, 15) is 9.59 Å². The topological polar surface area (TPSA) is 59.1 Å². The fraction of sp³-hybridized carbons (Fsp3) is 0.316. The number of carbonyl (C=O) groups excluding carboxylic acids is 2. The number of halogens is 1. The van der Waals surface area contributed by atoms with Crippen LogP contribution in [0.25, 0.3) is 0 Å². The molecule has 4 aromatic rings. The first kappa shape index (κ1) is 32.6. The molecule has 1 saturated heterocycles. The predicted molar refractivity (Wildman–Crippen MR) is 179 cm³/mol. The van der Waals surface area contributed by atoms with Crippen LogP contribution >= 0.6 is 11.6 Å². The summed E-state index contributed by atoms with van der Waals surface area (Å²) in [6.45, 7) is 7.74. The number of hydrogen-bond acceptors (Lipinski definition) is 6. The molecule has 0 radical (unpaired) electrons. The van der Waals surface area contributed by atoms with E-state index in [-0.39, 0.29) is 24.4 Å². The van der Waals surface area contributed by atoms with Gasteiger partial charge >= 0.3 is 5.97 Å². The second-order valence-corrected chi connectivity index (χ2v) is 11.7. The first-order chi connectivity index (χ1) is 22.0. The van der Waals surface area contributed by atoms with Crippen molar-refractivity contribution in [1.82, 2.24) is 9.80 Å². The Bertz CT molecular complexity index is 1510. The Hall–Kier alpha value is -3.81. The number of rotatable bonds is 14. The quantitative estimate of drug-likeness (QED) is 0.0853. The zero-order valence-electron chi connectivity index (χ0n) is 25.8. The minimum absolute atomic E-state index is 0.0620. The largest absolute Gasteiger partial charge is 0.463 e. The lowest BCUT2D eigenvalue weighted by molar-refractivity contribution is -0.147. The third kappa shape index (κ3) is 8.89. The summed E-state index contributed by atoms with van der Waals surface area (Å²) >= 11 is 6.17. The van der Waals surface area contributed by atoms with Crippen LogP contribution in [0.4, 0.5) is 0 Å². The van der Waals surface area contributed by atoms with E-state index >= 15 is 0 Å². The van der Waals surface area contributed by atoms with Crippen LogP contribution < -0.4 is 0 Å². The first-order valence-electron chi connectivity index (χ1n) is 15.7. The number of benzene rings is 4. The minimum atomic E-state index is -0.433. The molecule has 1 heterocycles. The van der Waals surface area contributed by atoms with Crippen LogP contribution in [0.2, 0.25) is 5.02 Å². The Morgan fingerprint density at radius 2 is 1.33 bits per heavy atom. The molecule has 1 fully saturated rings. The molecular weight excluding hydrogens is 584 g/mol. The van der Waals surface area contributed by atoms with Crippen molar-refractivity contribution in [2.24, 2.45) is 0 Å². The number of ether oxygens (including phenoxy) is 2. The van der Waals surface area contributed by atoms with Crippen molar-refractivity contribution in [1.29, 1.82) is 0 Å². The van der Waals surface area contributed by atoms with E-state index in [1.165, 1.54) is 11.1 Å². The van der Waals surface area contributed by atoms with E-state index in [1.807, 2.05) is 49.4 Å². The van der Waals surface area contributed by atoms with E-state index < -0.39 is 5.92 Å². The molecule has 0 amide bonds. The van der Waals surface area contributed by atoms with Gasteiger partial charge < -0.3 is 9.47 Å². The molecule has 4 aromatic carbocycles. The van der Waals surface area contributed by atoms with Crippen molar-refractivity contribution in [3.63, 3.8) is 0 Å². The van der Waals surface area contributed by atoms with Gasteiger partial charge in [0.25, 0.3) is 0 Å². The second kappa shape index (κ2) is 16.5. The molecule has 0 spiro atoms. The van der Waals surface area contributed by atoms with Crippen LogP contribution in [0.1, 0.15) is 57.9 Å². The summed E-state index contributed by atoms with van der Waals surface area (Å²) in [6, 6.07) is 35.5. The van der Waals surface area contributed by atoms with Crippen molar-refractivity contribution < 1.29 is 19.1 Å². The Labute approximate surface area is 271 Å². The molecule has 234 valence electrons. The molecule has 0 N–H and O–H groups in total. The summed E-state index contributed by atoms with van der Waals surface area (Å²) in [5.41, 5.74) is 4.50. The lowest BCUT2D eigenvalue weighted by Gasteiger charge is -2.39. The number of piperazine rings is 1. The Balaban J connectivity index is 1.04. The van der Waals surface area contributed by atoms with Crippen molar-refractivity contribution in [3.05, 3.63) is 142 Å². The van der Waals surface area contributed by atoms with Crippen LogP contribution in [-0.4, -0.2) is 74.1 Å². The molecule has 0 aromatic heterocycles. The van der Waals surface area contributed by atoms with Crippen LogP contribution in [0.3, 0.4) is 0 Å². The maximum absolute atomic E-state index is 12.9. The molecule has 0 saturated carbocycles. The van der Waals surface area contributed by atoms with E-state index in [4.69, 9.17) is 21.1 Å². The van der Waals surface area contributed by atoms with Gasteiger partial charge in [-0.2, -0.15) is 0 Å². The van der Waals surface area contributed by atoms with E-state index in [1.54, 1.807) is 24.3 Å². The Kier molecular flexibility index (Phi) is 11.9. The van der Waals surface area contributed by atoms with Gasteiger partial charge in [0, 0.05) is 48.9 Å². The molecule has 1 aliphatic heterocycles. The molecule has 6 nitrogen and oxygen atoms in total. The van der Waals surface area contributed by atoms with Gasteiger partial charge in [0.1, 0.15) is 6.61 Å². The number of nitrogens with zero attached hydrogens (tertiary/aromatic N) is 2. The summed E-state index contributed by atoms with van der Waals surface area (Å²) < 4.78 is 11.4. The maximum Gasteiger partial charge on any atom is 0.313 e. The van der Waals surface area contributed by atoms with Gasteiger partial charge in [-0.1, -0.05) is 110 Å². The molecule has 0 bridgehead atoms. The highest BCUT2D eigenvalue weighted by atomic mass is 35.5. The second-order valence-electron chi connectivity index (χ2n) is 11.3. The molecule has 7 heteroatoms. The summed E-state index contributed by atoms with van der Waals surface area (Å²) in [5, 5.41) is 0.748. The number of ketones is 1. The molecular formula is C38H41ClN2O4. The monoisotopic (exact) mass is 624 g/mol. The van der Waals surface area contributed by atoms with Gasteiger partial charge in [-0.3, -0.25) is 19.4 Å². The summed E-state index contributed by atoms with van der Waals surface area (Å²) in [6.07, 6.45) is 0.581. The fourth-order valence-electron chi connectivity index (χ4n) is 5.93. The zero-order chi connectivity index (χ0) is 31.4. The van der Waals surface area contributed by atoms with Crippen LogP contribution in [0, 0.1) is 0 Å². The number of hydrogen-bond donors (Lipinski definition) is 0. The van der Waals surface area contributed by atoms with Gasteiger partial charge in [-0.25, -0.2) is 0 Å². The average Bonchev–Trinajstić information content (AvgIpc) is 3.09. The standard InChI is InChI=1S/C38H41ClN2O4/c1-2-35(32-14-9-15-33(28-32)37(42)31-12-7-4-8-13-31)38(43)45-27-26-44-25-24-40-20-22-41(23-21-40)36(29-10-5-3-6-11-29)30-16-18-34(39)19-17-30/h3-19,28,35-36H,2,20-27H2,1H3/t35-,36-/m0/s1. The summed E-state index contributed by atoms with van der Waals surface area (Å²) in [7, 11) is 0. The zero-order valence-corrected chi connectivity index (χ0v) is 26.6. The highest BCUT2D eigenvalue weighted by molar-refractivity contribution is 6.30. The molecule has 0 aliphatic carbocycles. The summed E-state index contributed by atoms with van der Waals surface area (Å²) in [4.78, 5) is 30.8. The third-order valence-corrected chi connectivity index (χ3v) is 8.63. The SMILES string of the molecule is CC[C@H](C(=O)OCCOCCN1CCN([C@@H](c2ccccc2)c2ccc(Cl)cc2)CC1)c1cccc(C(=O)c2ccccc2)c1. The molecule has 45 heavy (non-hydrogen) atoms. The normalized spacial score (nSPS) is 15.3. The maximum atomic E-state index is 12.9. The van der Waals surface area contributed by atoms with Crippen molar-refractivity contribution in [3.8, 4) is 0 Å². The molecule has 5 rings (SSSR count). The lowest BCUT2D eigenvalue weighted by atomic mass is 9.93. The molecule has 0 unspecified atom stereocenters. The summed E-state index contributed by atoms with van der Waals surface area (Å²) in [5.74, 6) is -0.791. The van der Waals surface area contributed by atoms with E-state index in [2.05, 4.69) is 52.3 Å². The average molecular weight is 625 g/mol. The highest BCUT2D eigenvalue weighted by Gasteiger charge is 2.26. The van der Waals surface area contributed by atoms with Crippen molar-refractivity contribution in [2.45, 2.75) is 25.3 Å². The van der Waals surface area contributed by atoms with Gasteiger partial charge in [-0.05, 0) is 41.3 Å². The first-order valence-corrected chi connectivity index (χ1v) is 16.1. The number of esters is 1.